The van der Waals surface area contributed by atoms with Crippen molar-refractivity contribution in [1.82, 2.24) is 9.55 Å². The van der Waals surface area contributed by atoms with E-state index in [2.05, 4.69) is 90.5 Å². The number of hydrogen-bond acceptors (Lipinski definition) is 1. The molecule has 3 heteroatoms. The molecule has 0 aliphatic carbocycles. The van der Waals surface area contributed by atoms with Crippen LogP contribution in [0.4, 0.5) is 0 Å². The van der Waals surface area contributed by atoms with Crippen LogP contribution in [0.5, 0.6) is 0 Å². The van der Waals surface area contributed by atoms with Crippen LogP contribution in [0.1, 0.15) is 16.7 Å². The minimum Gasteiger partial charge on any atom is -0.264 e. The smallest absolute Gasteiger partial charge is 0.264 e. The van der Waals surface area contributed by atoms with Gasteiger partial charge in [0.1, 0.15) is 5.69 Å². The van der Waals surface area contributed by atoms with Gasteiger partial charge in [0.05, 0.1) is 12.6 Å². The number of para-hydroxylation sites is 3. The predicted molar refractivity (Wildman–Crippen MR) is 102 cm³/mol. The van der Waals surface area contributed by atoms with Gasteiger partial charge in [0.15, 0.2) is 11.0 Å². The molecule has 0 bridgehead atoms. The van der Waals surface area contributed by atoms with Gasteiger partial charge in [-0.05, 0) is 55.7 Å². The second-order valence-corrected chi connectivity index (χ2v) is 6.64. The molecule has 25 heavy (non-hydrogen) atoms. The predicted octanol–water partition coefficient (Wildman–Crippen LogP) is 4.44. The number of pyridine rings is 1. The lowest BCUT2D eigenvalue weighted by atomic mass is 10.1. The van der Waals surface area contributed by atoms with Gasteiger partial charge in [-0.25, -0.2) is 4.57 Å². The van der Waals surface area contributed by atoms with Gasteiger partial charge >= 0.3 is 0 Å². The first kappa shape index (κ1) is 15.6. The van der Waals surface area contributed by atoms with Crippen LogP contribution in [0.3, 0.4) is 0 Å². The molecule has 0 N–H and O–H groups in total. The molecule has 0 aliphatic heterocycles. The largest absolute Gasteiger partial charge is 0.295 e. The fraction of sp³-hybridized carbons (Fsp3) is 0.182. The fourth-order valence-corrected chi connectivity index (χ4v) is 3.73. The molecule has 0 saturated carbocycles. The Bertz CT molecular complexity index is 1070. The normalized spacial score (nSPS) is 11.2. The van der Waals surface area contributed by atoms with Gasteiger partial charge < -0.3 is 0 Å². The van der Waals surface area contributed by atoms with Crippen LogP contribution in [0.25, 0.3) is 28.1 Å². The van der Waals surface area contributed by atoms with Crippen LogP contribution in [0.15, 0.2) is 60.9 Å². The highest BCUT2D eigenvalue weighted by atomic mass is 15.2. The maximum atomic E-state index is 4.27. The van der Waals surface area contributed by atoms with Crippen molar-refractivity contribution in [3.63, 3.8) is 0 Å². The molecular formula is C22H22N3+. The summed E-state index contributed by atoms with van der Waals surface area (Å²) in [7, 11) is 2.14. The molecule has 4 aromatic rings. The fourth-order valence-electron chi connectivity index (χ4n) is 3.73. The van der Waals surface area contributed by atoms with Crippen molar-refractivity contribution in [3.8, 4) is 17.1 Å². The summed E-state index contributed by atoms with van der Waals surface area (Å²) in [5, 5.41) is 0. The Labute approximate surface area is 148 Å². The molecule has 2 aromatic carbocycles. The van der Waals surface area contributed by atoms with Crippen LogP contribution < -0.4 is 4.57 Å². The quantitative estimate of drug-likeness (QED) is 0.499. The lowest BCUT2D eigenvalue weighted by Gasteiger charge is -2.10. The van der Waals surface area contributed by atoms with E-state index in [1.54, 1.807) is 0 Å². The zero-order chi connectivity index (χ0) is 17.6. The summed E-state index contributed by atoms with van der Waals surface area (Å²) < 4.78 is 4.67. The lowest BCUT2D eigenvalue weighted by Crippen LogP contribution is -2.30. The lowest BCUT2D eigenvalue weighted by molar-refractivity contribution is -0.633. The number of fused-ring (bicyclic) bond motifs is 1. The van der Waals surface area contributed by atoms with Gasteiger partial charge in [-0.3, -0.25) is 4.98 Å². The van der Waals surface area contributed by atoms with Crippen molar-refractivity contribution < 1.29 is 4.57 Å². The second kappa shape index (κ2) is 5.85. The summed E-state index contributed by atoms with van der Waals surface area (Å²) in [4.78, 5) is 4.27. The Hall–Kier alpha value is -2.94. The molecular weight excluding hydrogens is 306 g/mol. The molecule has 0 aliphatic rings. The number of imidazole rings is 1. The average Bonchev–Trinajstić information content (AvgIpc) is 2.89. The topological polar surface area (TPSA) is 21.7 Å². The van der Waals surface area contributed by atoms with Crippen molar-refractivity contribution in [1.29, 1.82) is 0 Å². The Morgan fingerprint density at radius 2 is 1.56 bits per heavy atom. The summed E-state index contributed by atoms with van der Waals surface area (Å²) in [6, 6.07) is 17.2. The number of hydrogen-bond donors (Lipinski definition) is 0. The standard InChI is InChI=1S/C22H22N3/c1-15-8-7-9-16(2)21(15)25-20-11-6-5-10-19(20)24(4)22(25)18-12-13-23-14-17(18)3/h5-14H,1-4H3/q+1. The molecule has 0 atom stereocenters. The van der Waals surface area contributed by atoms with E-state index in [0.29, 0.717) is 0 Å². The summed E-state index contributed by atoms with van der Waals surface area (Å²) >= 11 is 0. The van der Waals surface area contributed by atoms with Gasteiger partial charge in [0, 0.05) is 12.4 Å². The van der Waals surface area contributed by atoms with Crippen LogP contribution >= 0.6 is 0 Å². The molecule has 2 aromatic heterocycles. The number of aryl methyl sites for hydroxylation is 4. The monoisotopic (exact) mass is 328 g/mol. The Kier molecular flexibility index (Phi) is 3.65. The van der Waals surface area contributed by atoms with Crippen molar-refractivity contribution in [2.45, 2.75) is 20.8 Å². The molecule has 124 valence electrons. The summed E-state index contributed by atoms with van der Waals surface area (Å²) in [5.41, 5.74) is 8.61. The first-order valence-corrected chi connectivity index (χ1v) is 8.56. The van der Waals surface area contributed by atoms with E-state index in [1.165, 1.54) is 44.8 Å². The number of rotatable bonds is 2. The van der Waals surface area contributed by atoms with Gasteiger partial charge in [-0.2, -0.15) is 4.57 Å². The Morgan fingerprint density at radius 1 is 0.840 bits per heavy atom. The number of benzene rings is 2. The third-order valence-electron chi connectivity index (χ3n) is 4.94. The van der Waals surface area contributed by atoms with E-state index in [9.17, 15) is 0 Å². The average molecular weight is 328 g/mol. The van der Waals surface area contributed by atoms with E-state index in [0.717, 1.165) is 0 Å². The molecule has 0 saturated heterocycles. The molecule has 0 fully saturated rings. The molecule has 0 unspecified atom stereocenters. The molecule has 2 heterocycles. The van der Waals surface area contributed by atoms with E-state index in [-0.39, 0.29) is 0 Å². The Morgan fingerprint density at radius 3 is 2.28 bits per heavy atom. The number of nitrogens with zero attached hydrogens (tertiary/aromatic N) is 3. The maximum absolute atomic E-state index is 4.27. The molecule has 0 spiro atoms. The summed E-state index contributed by atoms with van der Waals surface area (Å²) in [6.45, 7) is 6.48. The van der Waals surface area contributed by atoms with Crippen LogP contribution in [0, 0.1) is 20.8 Å². The summed E-state index contributed by atoms with van der Waals surface area (Å²) in [6.07, 6.45) is 3.80. The molecule has 0 radical (unpaired) electrons. The van der Waals surface area contributed by atoms with Crippen LogP contribution in [-0.4, -0.2) is 9.55 Å². The van der Waals surface area contributed by atoms with E-state index < -0.39 is 0 Å². The third kappa shape index (κ3) is 2.35. The number of aromatic nitrogens is 3. The van der Waals surface area contributed by atoms with Gasteiger partial charge in [0.2, 0.25) is 0 Å². The zero-order valence-corrected chi connectivity index (χ0v) is 15.1. The summed E-state index contributed by atoms with van der Waals surface area (Å²) in [5.74, 6) is 1.18. The van der Waals surface area contributed by atoms with Gasteiger partial charge in [-0.15, -0.1) is 0 Å². The third-order valence-corrected chi connectivity index (χ3v) is 4.94. The molecule has 3 nitrogen and oxygen atoms in total. The minimum atomic E-state index is 1.17. The van der Waals surface area contributed by atoms with Crippen molar-refractivity contribution in [2.24, 2.45) is 7.05 Å². The zero-order valence-electron chi connectivity index (χ0n) is 15.1. The van der Waals surface area contributed by atoms with E-state index in [1.807, 2.05) is 12.4 Å². The van der Waals surface area contributed by atoms with Crippen LogP contribution in [-0.2, 0) is 7.05 Å². The first-order chi connectivity index (χ1) is 12.1. The van der Waals surface area contributed by atoms with Crippen molar-refractivity contribution >= 4 is 11.0 Å². The second-order valence-electron chi connectivity index (χ2n) is 6.64. The van der Waals surface area contributed by atoms with Crippen LogP contribution in [0.2, 0.25) is 0 Å². The minimum absolute atomic E-state index is 1.17. The SMILES string of the molecule is Cc1cnccc1-c1n(-c2c(C)cccc2C)c2ccccc2[n+]1C. The Balaban J connectivity index is 2.21. The van der Waals surface area contributed by atoms with Gasteiger partial charge in [-0.1, -0.05) is 30.3 Å². The first-order valence-electron chi connectivity index (χ1n) is 8.56. The van der Waals surface area contributed by atoms with Crippen molar-refractivity contribution in [2.75, 3.05) is 0 Å². The van der Waals surface area contributed by atoms with E-state index >= 15 is 0 Å². The highest BCUT2D eigenvalue weighted by molar-refractivity contribution is 5.80. The molecule has 4 rings (SSSR count). The molecule has 0 amide bonds. The maximum Gasteiger partial charge on any atom is 0.295 e. The highest BCUT2D eigenvalue weighted by Crippen LogP contribution is 2.31. The highest BCUT2D eigenvalue weighted by Gasteiger charge is 2.28. The van der Waals surface area contributed by atoms with E-state index in [4.69, 9.17) is 0 Å². The van der Waals surface area contributed by atoms with Gasteiger partial charge in [0.25, 0.3) is 5.82 Å². The van der Waals surface area contributed by atoms with Crippen molar-refractivity contribution in [3.05, 3.63) is 77.6 Å².